The van der Waals surface area contributed by atoms with Crippen LogP contribution in [0.15, 0.2) is 60.9 Å². The Kier molecular flexibility index (Phi) is 9.28. The zero-order chi connectivity index (χ0) is 32.2. The van der Waals surface area contributed by atoms with Crippen LogP contribution in [-0.4, -0.2) is 60.5 Å². The molecule has 0 saturated heterocycles. The van der Waals surface area contributed by atoms with E-state index in [9.17, 15) is 14.0 Å². The molecule has 0 aliphatic carbocycles. The smallest absolute Gasteiger partial charge is 0.233 e. The number of H-pyrrole nitrogens is 1. The Morgan fingerprint density at radius 3 is 2.56 bits per heavy atom. The maximum Gasteiger partial charge on any atom is 0.233 e. The molecule has 1 atom stereocenters. The number of nitrogens with zero attached hydrogens (tertiary/aromatic N) is 4. The summed E-state index contributed by atoms with van der Waals surface area (Å²) in [5.74, 6) is -0.947. The minimum atomic E-state index is -0.699. The van der Waals surface area contributed by atoms with Gasteiger partial charge < -0.3 is 25.1 Å². The zero-order valence-corrected chi connectivity index (χ0v) is 26.0. The summed E-state index contributed by atoms with van der Waals surface area (Å²) < 4.78 is 39.2. The third-order valence-electron chi connectivity index (χ3n) is 7.26. The molecule has 1 amide bonds. The highest BCUT2D eigenvalue weighted by Gasteiger charge is 2.22. The van der Waals surface area contributed by atoms with E-state index in [1.54, 1.807) is 42.2 Å². The number of aromatic amines is 1. The second kappa shape index (κ2) is 13.3. The average Bonchev–Trinajstić information content (AvgIpc) is 3.61. The van der Waals surface area contributed by atoms with Crippen molar-refractivity contribution in [2.45, 2.75) is 27.7 Å². The first-order valence-electron chi connectivity index (χ1n) is 14.3. The number of nitrogen functional groups attached to an aromatic ring is 1. The van der Waals surface area contributed by atoms with E-state index >= 15 is 4.39 Å². The van der Waals surface area contributed by atoms with Gasteiger partial charge in [0, 0.05) is 30.1 Å². The van der Waals surface area contributed by atoms with Gasteiger partial charge in [-0.1, -0.05) is 22.8 Å². The number of nitrogens with two attached hydrogens (primary N) is 1. The fourth-order valence-electron chi connectivity index (χ4n) is 4.78. The second-order valence-electron chi connectivity index (χ2n) is 10.1. The van der Waals surface area contributed by atoms with Crippen molar-refractivity contribution in [3.63, 3.8) is 0 Å². The first-order valence-corrected chi connectivity index (χ1v) is 15.7. The quantitative estimate of drug-likeness (QED) is 0.116. The number of ketones is 1. The number of hydrogen-bond donors (Lipinski definition) is 3. The van der Waals surface area contributed by atoms with E-state index in [1.165, 1.54) is 35.3 Å². The molecule has 0 aliphatic heterocycles. The summed E-state index contributed by atoms with van der Waals surface area (Å²) in [6, 6.07) is 12.1. The number of pyridine rings is 1. The highest BCUT2D eigenvalue weighted by Crippen LogP contribution is 2.30. The molecule has 2 aromatic carbocycles. The van der Waals surface area contributed by atoms with Gasteiger partial charge in [0.15, 0.2) is 11.6 Å². The van der Waals surface area contributed by atoms with Crippen LogP contribution in [0.2, 0.25) is 0 Å². The van der Waals surface area contributed by atoms with Gasteiger partial charge >= 0.3 is 0 Å². The number of carbonyl (C=O) groups excluding carboxylic acids is 2. The second-order valence-corrected chi connectivity index (χ2v) is 11.9. The molecule has 13 heteroatoms. The van der Waals surface area contributed by atoms with Crippen LogP contribution in [-0.2, 0) is 4.79 Å². The molecular formula is C32H33F2N7O3S. The number of halogens is 2. The van der Waals surface area contributed by atoms with Gasteiger partial charge in [-0.15, -0.1) is 0 Å². The number of aryl methyl sites for hydroxylation is 1. The van der Waals surface area contributed by atoms with Crippen LogP contribution in [0.1, 0.15) is 42.4 Å². The predicted molar refractivity (Wildman–Crippen MR) is 174 cm³/mol. The van der Waals surface area contributed by atoms with Gasteiger partial charge in [0.25, 0.3) is 0 Å². The number of fused-ring (bicyclic) bond motifs is 1. The van der Waals surface area contributed by atoms with Gasteiger partial charge in [-0.3, -0.25) is 9.59 Å². The first-order chi connectivity index (χ1) is 21.6. The van der Waals surface area contributed by atoms with Crippen LogP contribution in [0.25, 0.3) is 16.6 Å². The number of amides is 1. The molecule has 0 aliphatic rings. The number of rotatable bonds is 11. The summed E-state index contributed by atoms with van der Waals surface area (Å²) in [4.78, 5) is 35.1. The van der Waals surface area contributed by atoms with E-state index in [0.717, 1.165) is 0 Å². The Bertz CT molecular complexity index is 1930. The van der Waals surface area contributed by atoms with E-state index in [4.69, 9.17) is 10.5 Å². The Morgan fingerprint density at radius 1 is 1.11 bits per heavy atom. The Hall–Kier alpha value is -5.04. The van der Waals surface area contributed by atoms with Crippen molar-refractivity contribution in [1.82, 2.24) is 24.6 Å². The number of nitrogens with one attached hydrogen (secondary N) is 2. The summed E-state index contributed by atoms with van der Waals surface area (Å²) in [6.45, 7) is 8.65. The van der Waals surface area contributed by atoms with Crippen LogP contribution < -0.4 is 15.2 Å². The normalized spacial score (nSPS) is 12.0. The third kappa shape index (κ3) is 6.58. The van der Waals surface area contributed by atoms with Crippen molar-refractivity contribution in [3.8, 4) is 17.3 Å². The van der Waals surface area contributed by atoms with Gasteiger partial charge in [-0.05, 0) is 69.0 Å². The number of ether oxygens (including phenoxy) is 1. The van der Waals surface area contributed by atoms with Gasteiger partial charge in [0.1, 0.15) is 11.6 Å². The van der Waals surface area contributed by atoms with E-state index < -0.39 is 28.1 Å². The van der Waals surface area contributed by atoms with Crippen LogP contribution >= 0.6 is 10.7 Å². The monoisotopic (exact) mass is 633 g/mol. The third-order valence-corrected chi connectivity index (χ3v) is 8.87. The fourth-order valence-corrected chi connectivity index (χ4v) is 6.03. The molecule has 3 heterocycles. The molecule has 5 rings (SSSR count). The SMILES string of the molecule is C/C=S(\CC(=O)N(CC)CC)Nc1cc2[nH]c(C(=O)c3cnn(-c4cnc(Oc5ccccc5F)cc4C)c3N)cc2cc1F. The lowest BCUT2D eigenvalue weighted by molar-refractivity contribution is -0.127. The first kappa shape index (κ1) is 31.4. The molecule has 0 spiro atoms. The minimum absolute atomic E-state index is 0.0147. The van der Waals surface area contributed by atoms with E-state index in [2.05, 4.69) is 19.8 Å². The molecule has 0 saturated carbocycles. The standard InChI is InChI=1S/C32H33F2N7O3S/c1-5-40(6-2)30(42)18-45(7-3)39-25-15-24-20(13-23(25)34)14-26(38-24)31(43)21-16-37-41(32(21)35)27-17-36-29(12-19(27)4)44-28-11-9-8-10-22(28)33/h7-17,38-39H,5-6,18,35H2,1-4H3. The van der Waals surface area contributed by atoms with E-state index in [0.29, 0.717) is 35.2 Å². The highest BCUT2D eigenvalue weighted by molar-refractivity contribution is 8.16. The number of benzene rings is 2. The molecule has 4 N–H and O–H groups in total. The molecule has 10 nitrogen and oxygen atoms in total. The number of para-hydroxylation sites is 1. The molecule has 0 bridgehead atoms. The maximum absolute atomic E-state index is 15.1. The van der Waals surface area contributed by atoms with Crippen molar-refractivity contribution in [3.05, 3.63) is 89.4 Å². The lowest BCUT2D eigenvalue weighted by Gasteiger charge is -2.20. The van der Waals surface area contributed by atoms with Crippen LogP contribution in [0.5, 0.6) is 11.6 Å². The van der Waals surface area contributed by atoms with Crippen molar-refractivity contribution >= 4 is 50.1 Å². The maximum atomic E-state index is 15.1. The van der Waals surface area contributed by atoms with Crippen molar-refractivity contribution in [2.24, 2.45) is 0 Å². The molecule has 45 heavy (non-hydrogen) atoms. The molecule has 0 radical (unpaired) electrons. The van der Waals surface area contributed by atoms with Crippen LogP contribution in [0.3, 0.4) is 0 Å². The Balaban J connectivity index is 1.36. The van der Waals surface area contributed by atoms with Gasteiger partial charge in [0.2, 0.25) is 17.6 Å². The summed E-state index contributed by atoms with van der Waals surface area (Å²) in [7, 11) is -0.699. The summed E-state index contributed by atoms with van der Waals surface area (Å²) >= 11 is 0. The lowest BCUT2D eigenvalue weighted by atomic mass is 10.1. The van der Waals surface area contributed by atoms with E-state index in [-0.39, 0.29) is 46.1 Å². The van der Waals surface area contributed by atoms with Crippen LogP contribution in [0, 0.1) is 18.6 Å². The predicted octanol–water partition coefficient (Wildman–Crippen LogP) is 6.23. The molecule has 3 aromatic heterocycles. The highest BCUT2D eigenvalue weighted by atomic mass is 32.2. The zero-order valence-electron chi connectivity index (χ0n) is 25.2. The largest absolute Gasteiger partial charge is 0.436 e. The Labute approximate surface area is 261 Å². The molecule has 234 valence electrons. The van der Waals surface area contributed by atoms with Crippen molar-refractivity contribution < 1.29 is 23.1 Å². The topological polar surface area (TPSA) is 131 Å². The molecule has 0 fully saturated rings. The van der Waals surface area contributed by atoms with Crippen LogP contribution in [0.4, 0.5) is 20.3 Å². The number of anilines is 2. The lowest BCUT2D eigenvalue weighted by Crippen LogP contribution is -2.32. The van der Waals surface area contributed by atoms with Gasteiger partial charge in [-0.25, -0.2) is 18.4 Å². The average molecular weight is 634 g/mol. The van der Waals surface area contributed by atoms with Crippen molar-refractivity contribution in [1.29, 1.82) is 0 Å². The van der Waals surface area contributed by atoms with Gasteiger partial charge in [-0.2, -0.15) is 5.10 Å². The van der Waals surface area contributed by atoms with Crippen molar-refractivity contribution in [2.75, 3.05) is 29.3 Å². The molecule has 1 unspecified atom stereocenters. The Morgan fingerprint density at radius 2 is 1.87 bits per heavy atom. The summed E-state index contributed by atoms with van der Waals surface area (Å²) in [6.07, 6.45) is 2.83. The number of carbonyl (C=O) groups is 2. The number of hydrogen-bond acceptors (Lipinski definition) is 7. The van der Waals surface area contributed by atoms with Gasteiger partial charge in [0.05, 0.1) is 40.8 Å². The summed E-state index contributed by atoms with van der Waals surface area (Å²) in [5.41, 5.74) is 8.65. The fraction of sp³-hybridized carbons (Fsp3) is 0.219. The molecular weight excluding hydrogens is 600 g/mol. The van der Waals surface area contributed by atoms with E-state index in [1.807, 2.05) is 26.1 Å². The molecule has 5 aromatic rings. The minimum Gasteiger partial charge on any atom is -0.436 e. The summed E-state index contributed by atoms with van der Waals surface area (Å²) in [5, 5.41) is 6.65. The number of aromatic nitrogens is 4.